The van der Waals surface area contributed by atoms with Crippen molar-refractivity contribution in [3.63, 3.8) is 0 Å². The highest BCUT2D eigenvalue weighted by Crippen LogP contribution is 2.22. The second kappa shape index (κ2) is 3.96. The first-order valence-electron chi connectivity index (χ1n) is 3.98. The van der Waals surface area contributed by atoms with Crippen molar-refractivity contribution in [2.75, 3.05) is 0 Å². The van der Waals surface area contributed by atoms with Gasteiger partial charge in [0.25, 0.3) is 0 Å². The minimum absolute atomic E-state index is 0.0987. The van der Waals surface area contributed by atoms with Gasteiger partial charge < -0.3 is 5.11 Å². The van der Waals surface area contributed by atoms with Gasteiger partial charge in [0.2, 0.25) is 0 Å². The summed E-state index contributed by atoms with van der Waals surface area (Å²) in [5.41, 5.74) is -0.0987. The van der Waals surface area contributed by atoms with Crippen LogP contribution in [0.2, 0.25) is 5.15 Å². The van der Waals surface area contributed by atoms with Crippen LogP contribution < -0.4 is 0 Å². The second-order valence-corrected chi connectivity index (χ2v) is 4.02. The Morgan fingerprint density at radius 1 is 1.47 bits per heavy atom. The number of nitrogens with zero attached hydrogens (tertiary/aromatic N) is 2. The maximum Gasteiger partial charge on any atom is 0.354 e. The number of carboxylic acid groups (broad SMARTS) is 1. The van der Waals surface area contributed by atoms with E-state index in [1.807, 2.05) is 17.5 Å². The van der Waals surface area contributed by atoms with E-state index in [-0.39, 0.29) is 10.8 Å². The Morgan fingerprint density at radius 3 is 2.87 bits per heavy atom. The summed E-state index contributed by atoms with van der Waals surface area (Å²) in [5.74, 6) is -0.771. The molecule has 2 aromatic rings. The van der Waals surface area contributed by atoms with E-state index >= 15 is 0 Å². The molecule has 0 aliphatic heterocycles. The van der Waals surface area contributed by atoms with E-state index in [4.69, 9.17) is 16.7 Å². The van der Waals surface area contributed by atoms with E-state index in [1.165, 1.54) is 17.4 Å². The summed E-state index contributed by atoms with van der Waals surface area (Å²) in [7, 11) is 0. The first-order chi connectivity index (χ1) is 7.16. The zero-order valence-corrected chi connectivity index (χ0v) is 8.92. The number of hydrogen-bond donors (Lipinski definition) is 1. The molecule has 0 saturated heterocycles. The monoisotopic (exact) mass is 240 g/mol. The molecule has 4 nitrogen and oxygen atoms in total. The highest BCUT2D eigenvalue weighted by Gasteiger charge is 2.11. The molecule has 0 amide bonds. The van der Waals surface area contributed by atoms with Gasteiger partial charge in [0.05, 0.1) is 4.88 Å². The summed E-state index contributed by atoms with van der Waals surface area (Å²) in [6, 6.07) is 4.87. The molecular weight excluding hydrogens is 236 g/mol. The second-order valence-electron chi connectivity index (χ2n) is 2.68. The van der Waals surface area contributed by atoms with Crippen molar-refractivity contribution >= 4 is 28.9 Å². The van der Waals surface area contributed by atoms with Gasteiger partial charge in [0.15, 0.2) is 11.5 Å². The molecule has 15 heavy (non-hydrogen) atoms. The van der Waals surface area contributed by atoms with Gasteiger partial charge in [-0.05, 0) is 11.4 Å². The van der Waals surface area contributed by atoms with E-state index < -0.39 is 5.97 Å². The molecule has 0 spiro atoms. The molecule has 0 fully saturated rings. The fourth-order valence-corrected chi connectivity index (χ4v) is 1.88. The molecule has 0 aromatic carbocycles. The minimum Gasteiger partial charge on any atom is -0.477 e. The molecule has 76 valence electrons. The number of aromatic carboxylic acids is 1. The molecule has 2 heterocycles. The third-order valence-corrected chi connectivity index (χ3v) is 2.71. The Labute approximate surface area is 94.2 Å². The quantitative estimate of drug-likeness (QED) is 0.820. The van der Waals surface area contributed by atoms with Crippen LogP contribution in [0.1, 0.15) is 10.5 Å². The number of carbonyl (C=O) groups is 1. The van der Waals surface area contributed by atoms with E-state index in [0.29, 0.717) is 5.82 Å². The molecule has 0 unspecified atom stereocenters. The zero-order chi connectivity index (χ0) is 10.8. The summed E-state index contributed by atoms with van der Waals surface area (Å²) in [6.07, 6.45) is 0. The lowest BCUT2D eigenvalue weighted by Gasteiger charge is -1.99. The normalized spacial score (nSPS) is 10.2. The van der Waals surface area contributed by atoms with E-state index in [9.17, 15) is 4.79 Å². The summed E-state index contributed by atoms with van der Waals surface area (Å²) in [5, 5.41) is 10.8. The largest absolute Gasteiger partial charge is 0.477 e. The molecule has 0 saturated carbocycles. The zero-order valence-electron chi connectivity index (χ0n) is 7.35. The van der Waals surface area contributed by atoms with Crippen LogP contribution in [-0.2, 0) is 0 Å². The van der Waals surface area contributed by atoms with Crippen molar-refractivity contribution in [2.45, 2.75) is 0 Å². The van der Waals surface area contributed by atoms with Crippen molar-refractivity contribution in [2.24, 2.45) is 0 Å². The molecule has 0 atom stereocenters. The standard InChI is InChI=1S/C9H5ClN2O2S/c10-7-4-5(9(13)14)11-8(12-7)6-2-1-3-15-6/h1-4H,(H,13,14). The predicted octanol–water partition coefficient (Wildman–Crippen LogP) is 2.56. The minimum atomic E-state index is -1.11. The fourth-order valence-electron chi connectivity index (χ4n) is 1.04. The molecule has 1 N–H and O–H groups in total. The van der Waals surface area contributed by atoms with Crippen LogP contribution in [0.25, 0.3) is 10.7 Å². The third kappa shape index (κ3) is 2.14. The van der Waals surface area contributed by atoms with Crippen molar-refractivity contribution < 1.29 is 9.90 Å². The van der Waals surface area contributed by atoms with Gasteiger partial charge >= 0.3 is 5.97 Å². The lowest BCUT2D eigenvalue weighted by atomic mass is 10.4. The van der Waals surface area contributed by atoms with Crippen LogP contribution in [-0.4, -0.2) is 21.0 Å². The Morgan fingerprint density at radius 2 is 2.27 bits per heavy atom. The number of thiophene rings is 1. The summed E-state index contributed by atoms with van der Waals surface area (Å²) >= 11 is 7.13. The molecule has 0 radical (unpaired) electrons. The average Bonchev–Trinajstić information content (AvgIpc) is 2.69. The molecule has 6 heteroatoms. The van der Waals surface area contributed by atoms with Crippen molar-refractivity contribution in [1.29, 1.82) is 0 Å². The first-order valence-corrected chi connectivity index (χ1v) is 5.24. The average molecular weight is 241 g/mol. The summed E-state index contributed by atoms with van der Waals surface area (Å²) in [4.78, 5) is 19.4. The number of rotatable bonds is 2. The summed E-state index contributed by atoms with van der Waals surface area (Å²) in [6.45, 7) is 0. The Bertz CT molecular complexity index is 499. The third-order valence-electron chi connectivity index (χ3n) is 1.66. The van der Waals surface area contributed by atoms with Crippen LogP contribution >= 0.6 is 22.9 Å². The van der Waals surface area contributed by atoms with E-state index in [0.717, 1.165) is 4.88 Å². The van der Waals surface area contributed by atoms with Gasteiger partial charge in [-0.1, -0.05) is 17.7 Å². The van der Waals surface area contributed by atoms with Crippen LogP contribution in [0.3, 0.4) is 0 Å². The summed E-state index contributed by atoms with van der Waals surface area (Å²) < 4.78 is 0. The molecule has 2 aromatic heterocycles. The fraction of sp³-hybridized carbons (Fsp3) is 0. The van der Waals surface area contributed by atoms with Crippen molar-refractivity contribution in [3.05, 3.63) is 34.4 Å². The lowest BCUT2D eigenvalue weighted by molar-refractivity contribution is 0.0690. The molecule has 0 aliphatic carbocycles. The number of aromatic nitrogens is 2. The van der Waals surface area contributed by atoms with Gasteiger partial charge in [-0.25, -0.2) is 14.8 Å². The highest BCUT2D eigenvalue weighted by molar-refractivity contribution is 7.13. The van der Waals surface area contributed by atoms with Crippen LogP contribution in [0, 0.1) is 0 Å². The van der Waals surface area contributed by atoms with Crippen LogP contribution in [0.15, 0.2) is 23.6 Å². The highest BCUT2D eigenvalue weighted by atomic mass is 35.5. The predicted molar refractivity (Wildman–Crippen MR) is 57.3 cm³/mol. The van der Waals surface area contributed by atoms with Crippen LogP contribution in [0.5, 0.6) is 0 Å². The van der Waals surface area contributed by atoms with Gasteiger partial charge in [-0.2, -0.15) is 0 Å². The number of halogens is 1. The maximum atomic E-state index is 10.7. The topological polar surface area (TPSA) is 63.1 Å². The molecule has 0 bridgehead atoms. The maximum absolute atomic E-state index is 10.7. The Balaban J connectivity index is 2.54. The Kier molecular flexibility index (Phi) is 2.66. The van der Waals surface area contributed by atoms with E-state index in [1.54, 1.807) is 0 Å². The number of hydrogen-bond acceptors (Lipinski definition) is 4. The molecule has 0 aliphatic rings. The smallest absolute Gasteiger partial charge is 0.354 e. The van der Waals surface area contributed by atoms with Gasteiger partial charge in [-0.15, -0.1) is 11.3 Å². The van der Waals surface area contributed by atoms with Crippen molar-refractivity contribution in [1.82, 2.24) is 9.97 Å². The van der Waals surface area contributed by atoms with Gasteiger partial charge in [-0.3, -0.25) is 0 Å². The Hall–Kier alpha value is -1.46. The van der Waals surface area contributed by atoms with Crippen LogP contribution in [0.4, 0.5) is 0 Å². The lowest BCUT2D eigenvalue weighted by Crippen LogP contribution is -2.02. The first kappa shape index (κ1) is 10.1. The molecular formula is C9H5ClN2O2S. The number of carboxylic acids is 1. The van der Waals surface area contributed by atoms with Gasteiger partial charge in [0, 0.05) is 6.07 Å². The van der Waals surface area contributed by atoms with Crippen molar-refractivity contribution in [3.8, 4) is 10.7 Å². The molecule has 2 rings (SSSR count). The van der Waals surface area contributed by atoms with Gasteiger partial charge in [0.1, 0.15) is 5.15 Å². The van der Waals surface area contributed by atoms with E-state index in [2.05, 4.69) is 9.97 Å². The SMILES string of the molecule is O=C(O)c1cc(Cl)nc(-c2cccs2)n1.